The molecule has 0 radical (unpaired) electrons. The highest BCUT2D eigenvalue weighted by Crippen LogP contribution is 2.53. The molecule has 0 aliphatic carbocycles. The van der Waals surface area contributed by atoms with E-state index in [1.807, 2.05) is 4.90 Å². The van der Waals surface area contributed by atoms with Gasteiger partial charge < -0.3 is 4.90 Å². The van der Waals surface area contributed by atoms with E-state index in [1.165, 1.54) is 38.9 Å². The molecule has 5 aromatic rings. The molecular formula is C40H39NO. The van der Waals surface area contributed by atoms with Gasteiger partial charge in [0.05, 0.1) is 5.41 Å². The molecule has 0 saturated heterocycles. The molecule has 0 spiro atoms. The number of benzene rings is 5. The number of fused-ring (bicyclic) bond motifs is 1. The second-order valence-electron chi connectivity index (χ2n) is 12.6. The van der Waals surface area contributed by atoms with Gasteiger partial charge >= 0.3 is 0 Å². The summed E-state index contributed by atoms with van der Waals surface area (Å²) in [6.07, 6.45) is 0.814. The number of hydrogen-bond donors (Lipinski definition) is 0. The second kappa shape index (κ2) is 10.4. The summed E-state index contributed by atoms with van der Waals surface area (Å²) in [5, 5.41) is 0. The van der Waals surface area contributed by atoms with Crippen molar-refractivity contribution in [1.29, 1.82) is 0 Å². The fourth-order valence-electron chi connectivity index (χ4n) is 7.61. The number of rotatable bonds is 5. The molecular weight excluding hydrogens is 510 g/mol. The fourth-order valence-corrected chi connectivity index (χ4v) is 7.61. The minimum atomic E-state index is -0.555. The number of aryl methyl sites for hydroxylation is 1. The first-order valence-electron chi connectivity index (χ1n) is 14.9. The average Bonchev–Trinajstić information content (AvgIpc) is 2.99. The van der Waals surface area contributed by atoms with E-state index in [0.717, 1.165) is 12.1 Å². The number of anilines is 1. The Bertz CT molecular complexity index is 1610. The largest absolute Gasteiger partial charge is 0.307 e. The molecule has 42 heavy (non-hydrogen) atoms. The highest BCUT2D eigenvalue weighted by molar-refractivity contribution is 5.95. The van der Waals surface area contributed by atoms with Crippen molar-refractivity contribution in [3.05, 3.63) is 172 Å². The van der Waals surface area contributed by atoms with Crippen LogP contribution in [0.4, 0.5) is 5.69 Å². The predicted octanol–water partition coefficient (Wildman–Crippen LogP) is 9.22. The van der Waals surface area contributed by atoms with Crippen LogP contribution >= 0.6 is 0 Å². The average molecular weight is 550 g/mol. The highest BCUT2D eigenvalue weighted by Gasteiger charge is 2.48. The van der Waals surface area contributed by atoms with Crippen molar-refractivity contribution in [2.75, 3.05) is 4.90 Å². The number of nitrogens with zero attached hydrogens (tertiary/aromatic N) is 1. The summed E-state index contributed by atoms with van der Waals surface area (Å²) in [6, 6.07) is 48.3. The Labute approximate surface area is 250 Å². The maximum atomic E-state index is 13.2. The molecule has 6 rings (SSSR count). The van der Waals surface area contributed by atoms with Gasteiger partial charge in [0.25, 0.3) is 0 Å². The van der Waals surface area contributed by atoms with E-state index in [1.54, 1.807) is 6.92 Å². The molecule has 210 valence electrons. The van der Waals surface area contributed by atoms with Crippen LogP contribution in [0.2, 0.25) is 0 Å². The maximum absolute atomic E-state index is 13.2. The van der Waals surface area contributed by atoms with E-state index in [4.69, 9.17) is 0 Å². The van der Waals surface area contributed by atoms with Crippen LogP contribution in [0, 0.1) is 6.92 Å². The Hall–Kier alpha value is -4.43. The third kappa shape index (κ3) is 4.38. The lowest BCUT2D eigenvalue weighted by Crippen LogP contribution is -2.55. The van der Waals surface area contributed by atoms with Gasteiger partial charge in [-0.1, -0.05) is 140 Å². The van der Waals surface area contributed by atoms with Gasteiger partial charge in [-0.2, -0.15) is 0 Å². The van der Waals surface area contributed by atoms with Crippen LogP contribution in [0.15, 0.2) is 133 Å². The van der Waals surface area contributed by atoms with Crippen molar-refractivity contribution in [3.63, 3.8) is 0 Å². The topological polar surface area (TPSA) is 20.3 Å². The van der Waals surface area contributed by atoms with Crippen molar-refractivity contribution in [2.24, 2.45) is 0 Å². The van der Waals surface area contributed by atoms with Gasteiger partial charge in [-0.25, -0.2) is 0 Å². The van der Waals surface area contributed by atoms with Crippen LogP contribution in [0.25, 0.3) is 0 Å². The normalized spacial score (nSPS) is 17.9. The lowest BCUT2D eigenvalue weighted by Gasteiger charge is -2.51. The van der Waals surface area contributed by atoms with Gasteiger partial charge in [0.2, 0.25) is 5.91 Å². The first kappa shape index (κ1) is 27.7. The molecule has 0 aromatic heterocycles. The Morgan fingerprint density at radius 3 is 1.57 bits per heavy atom. The van der Waals surface area contributed by atoms with Crippen molar-refractivity contribution >= 4 is 11.6 Å². The van der Waals surface area contributed by atoms with Crippen molar-refractivity contribution in [2.45, 2.75) is 57.4 Å². The van der Waals surface area contributed by atoms with Gasteiger partial charge in [-0.3, -0.25) is 4.79 Å². The number of carbonyl (C=O) groups excluding carboxylic acids is 1. The minimum Gasteiger partial charge on any atom is -0.307 e. The number of hydrogen-bond acceptors (Lipinski definition) is 1. The molecule has 0 saturated carbocycles. The number of amides is 1. The molecule has 1 heterocycles. The van der Waals surface area contributed by atoms with Crippen LogP contribution < -0.4 is 4.90 Å². The molecule has 1 aliphatic heterocycles. The van der Waals surface area contributed by atoms with Gasteiger partial charge in [-0.15, -0.1) is 0 Å². The molecule has 1 aliphatic rings. The fraction of sp³-hybridized carbons (Fsp3) is 0.225. The zero-order valence-electron chi connectivity index (χ0n) is 25.3. The maximum Gasteiger partial charge on any atom is 0.224 e. The summed E-state index contributed by atoms with van der Waals surface area (Å²) in [4.78, 5) is 15.3. The van der Waals surface area contributed by atoms with E-state index in [2.05, 4.69) is 161 Å². The quantitative estimate of drug-likeness (QED) is 0.200. The van der Waals surface area contributed by atoms with Crippen molar-refractivity contribution in [3.8, 4) is 0 Å². The Morgan fingerprint density at radius 1 is 0.643 bits per heavy atom. The van der Waals surface area contributed by atoms with E-state index in [0.29, 0.717) is 0 Å². The van der Waals surface area contributed by atoms with Crippen LogP contribution in [0.3, 0.4) is 0 Å². The van der Waals surface area contributed by atoms with E-state index in [-0.39, 0.29) is 16.9 Å². The highest BCUT2D eigenvalue weighted by atomic mass is 16.2. The van der Waals surface area contributed by atoms with Gasteiger partial charge in [-0.05, 0) is 66.6 Å². The summed E-state index contributed by atoms with van der Waals surface area (Å²) in [5.41, 5.74) is 8.30. The molecule has 0 unspecified atom stereocenters. The molecule has 1 amide bonds. The molecule has 0 bridgehead atoms. The van der Waals surface area contributed by atoms with E-state index in [9.17, 15) is 4.79 Å². The molecule has 0 fully saturated rings. The second-order valence-corrected chi connectivity index (χ2v) is 12.6. The summed E-state index contributed by atoms with van der Waals surface area (Å²) in [5.74, 6) is 0.0698. The minimum absolute atomic E-state index is 0.0698. The van der Waals surface area contributed by atoms with Crippen LogP contribution in [0.1, 0.15) is 73.1 Å². The third-order valence-corrected chi connectivity index (χ3v) is 9.28. The lowest BCUT2D eigenvalue weighted by atomic mass is 9.61. The van der Waals surface area contributed by atoms with E-state index < -0.39 is 5.41 Å². The predicted molar refractivity (Wildman–Crippen MR) is 174 cm³/mol. The standard InChI is InChI=1S/C40H39NO/c1-29-21-23-31(24-22-29)39(5)28-38(3,4)41(30(2)42)37-26-25-35(27-36(37)39)40(32-15-9-6-10-16-32,33-17-11-7-12-18-33)34-19-13-8-14-20-34/h6-27H,28H2,1-5H3/t39-/m0/s1. The SMILES string of the molecule is CC(=O)N1c2ccc(C(c3ccccc3)(c3ccccc3)c3ccccc3)cc2[C@](C)(c2ccc(C)cc2)CC1(C)C. The van der Waals surface area contributed by atoms with Crippen molar-refractivity contribution < 1.29 is 4.79 Å². The van der Waals surface area contributed by atoms with Gasteiger partial charge in [0.15, 0.2) is 0 Å². The van der Waals surface area contributed by atoms with Crippen LogP contribution in [-0.4, -0.2) is 11.4 Å². The zero-order valence-corrected chi connectivity index (χ0v) is 25.3. The van der Waals surface area contributed by atoms with Gasteiger partial charge in [0.1, 0.15) is 0 Å². The van der Waals surface area contributed by atoms with Crippen LogP contribution in [0.5, 0.6) is 0 Å². The summed E-state index contributed by atoms with van der Waals surface area (Å²) >= 11 is 0. The summed E-state index contributed by atoms with van der Waals surface area (Å²) in [7, 11) is 0. The summed E-state index contributed by atoms with van der Waals surface area (Å²) < 4.78 is 0. The van der Waals surface area contributed by atoms with E-state index >= 15 is 0 Å². The molecule has 0 N–H and O–H groups in total. The van der Waals surface area contributed by atoms with Gasteiger partial charge in [0, 0.05) is 23.6 Å². The molecule has 5 aromatic carbocycles. The Morgan fingerprint density at radius 2 is 1.12 bits per heavy atom. The van der Waals surface area contributed by atoms with Crippen molar-refractivity contribution in [1.82, 2.24) is 0 Å². The Kier molecular flexibility index (Phi) is 6.89. The first-order valence-corrected chi connectivity index (χ1v) is 14.9. The monoisotopic (exact) mass is 549 g/mol. The van der Waals surface area contributed by atoms with Crippen LogP contribution in [-0.2, 0) is 15.6 Å². The number of carbonyl (C=O) groups is 1. The zero-order chi connectivity index (χ0) is 29.5. The molecule has 2 heteroatoms. The summed E-state index contributed by atoms with van der Waals surface area (Å²) in [6.45, 7) is 10.6. The Balaban J connectivity index is 1.72. The molecule has 1 atom stereocenters. The molecule has 2 nitrogen and oxygen atoms in total. The third-order valence-electron chi connectivity index (χ3n) is 9.28. The smallest absolute Gasteiger partial charge is 0.224 e. The lowest BCUT2D eigenvalue weighted by molar-refractivity contribution is -0.117. The first-order chi connectivity index (χ1) is 20.2.